The molecule has 1 aliphatic carbocycles. The van der Waals surface area contributed by atoms with Crippen LogP contribution in [0.3, 0.4) is 0 Å². The van der Waals surface area contributed by atoms with Gasteiger partial charge in [0.25, 0.3) is 0 Å². The average molecular weight is 364 g/mol. The first-order valence-corrected chi connectivity index (χ1v) is 10.1. The van der Waals surface area contributed by atoms with Gasteiger partial charge in [-0.05, 0) is 67.3 Å². The van der Waals surface area contributed by atoms with E-state index in [1.165, 1.54) is 24.0 Å². The Morgan fingerprint density at radius 2 is 1.70 bits per heavy atom. The summed E-state index contributed by atoms with van der Waals surface area (Å²) in [6, 6.07) is 16.6. The van der Waals surface area contributed by atoms with Gasteiger partial charge < -0.3 is 15.0 Å². The lowest BCUT2D eigenvalue weighted by molar-refractivity contribution is 0.199. The van der Waals surface area contributed by atoms with Gasteiger partial charge in [-0.2, -0.15) is 0 Å². The molecule has 1 saturated carbocycles. The summed E-state index contributed by atoms with van der Waals surface area (Å²) in [4.78, 5) is 14.6. The van der Waals surface area contributed by atoms with Crippen LogP contribution in [0.15, 0.2) is 48.5 Å². The fraction of sp³-hybridized carbons (Fsp3) is 0.435. The molecule has 4 nitrogen and oxygen atoms in total. The third-order valence-corrected chi connectivity index (χ3v) is 5.65. The maximum atomic E-state index is 12.6. The normalized spacial score (nSPS) is 17.3. The highest BCUT2D eigenvalue weighted by molar-refractivity contribution is 5.74. The molecule has 1 aliphatic heterocycles. The van der Waals surface area contributed by atoms with Crippen LogP contribution in [0.1, 0.15) is 42.4 Å². The molecular weight excluding hydrogens is 336 g/mol. The number of nitrogens with one attached hydrogen (secondary N) is 1. The SMILES string of the molecule is O=C(NCc1cccc(OC2CCCC2)c1)N1CCc2ccccc2CC1. The highest BCUT2D eigenvalue weighted by Gasteiger charge is 2.18. The molecular formula is C23H28N2O2. The molecule has 0 aromatic heterocycles. The summed E-state index contributed by atoms with van der Waals surface area (Å²) < 4.78 is 6.07. The maximum Gasteiger partial charge on any atom is 0.317 e. The number of benzene rings is 2. The van der Waals surface area contributed by atoms with E-state index in [1.807, 2.05) is 23.1 Å². The van der Waals surface area contributed by atoms with E-state index in [0.717, 1.165) is 50.1 Å². The largest absolute Gasteiger partial charge is 0.490 e. The first-order chi connectivity index (χ1) is 13.3. The van der Waals surface area contributed by atoms with Crippen molar-refractivity contribution in [3.8, 4) is 5.75 Å². The van der Waals surface area contributed by atoms with Crippen molar-refractivity contribution in [2.75, 3.05) is 13.1 Å². The lowest BCUT2D eigenvalue weighted by Crippen LogP contribution is -2.41. The van der Waals surface area contributed by atoms with E-state index in [2.05, 4.69) is 35.6 Å². The minimum atomic E-state index is 0.0184. The standard InChI is InChI=1S/C23H28N2O2/c26-23(25-14-12-19-7-1-2-8-20(19)13-15-25)24-17-18-6-5-11-22(16-18)27-21-9-3-4-10-21/h1-2,5-8,11,16,21H,3-4,9-10,12-15,17H2,(H,24,26). The highest BCUT2D eigenvalue weighted by atomic mass is 16.5. The molecule has 0 saturated heterocycles. The van der Waals surface area contributed by atoms with Crippen LogP contribution in [0.25, 0.3) is 0 Å². The Labute approximate surface area is 161 Å². The van der Waals surface area contributed by atoms with Crippen molar-refractivity contribution in [1.29, 1.82) is 0 Å². The molecule has 2 aromatic carbocycles. The second-order valence-electron chi connectivity index (χ2n) is 7.59. The molecule has 142 valence electrons. The van der Waals surface area contributed by atoms with Gasteiger partial charge in [-0.1, -0.05) is 36.4 Å². The fourth-order valence-electron chi connectivity index (χ4n) is 4.09. The number of hydrogen-bond acceptors (Lipinski definition) is 2. The molecule has 4 rings (SSSR count). The molecule has 1 fully saturated rings. The summed E-state index contributed by atoms with van der Waals surface area (Å²) >= 11 is 0. The monoisotopic (exact) mass is 364 g/mol. The number of carbonyl (C=O) groups is 1. The van der Waals surface area contributed by atoms with Crippen LogP contribution >= 0.6 is 0 Å². The van der Waals surface area contributed by atoms with Gasteiger partial charge in [0.1, 0.15) is 5.75 Å². The minimum absolute atomic E-state index is 0.0184. The highest BCUT2D eigenvalue weighted by Crippen LogP contribution is 2.24. The summed E-state index contributed by atoms with van der Waals surface area (Å²) in [5.74, 6) is 0.916. The third-order valence-electron chi connectivity index (χ3n) is 5.65. The first kappa shape index (κ1) is 17.9. The van der Waals surface area contributed by atoms with Gasteiger partial charge >= 0.3 is 6.03 Å². The molecule has 1 heterocycles. The first-order valence-electron chi connectivity index (χ1n) is 10.1. The smallest absolute Gasteiger partial charge is 0.317 e. The zero-order valence-corrected chi connectivity index (χ0v) is 15.8. The summed E-state index contributed by atoms with van der Waals surface area (Å²) in [5, 5.41) is 3.08. The number of amides is 2. The van der Waals surface area contributed by atoms with Gasteiger partial charge in [-0.15, -0.1) is 0 Å². The van der Waals surface area contributed by atoms with Gasteiger partial charge in [-0.25, -0.2) is 4.79 Å². The summed E-state index contributed by atoms with van der Waals surface area (Å²) in [5.41, 5.74) is 3.81. The van der Waals surface area contributed by atoms with Gasteiger partial charge in [0.05, 0.1) is 6.10 Å². The molecule has 0 spiro atoms. The molecule has 0 unspecified atom stereocenters. The Balaban J connectivity index is 1.30. The van der Waals surface area contributed by atoms with Crippen LogP contribution in [0.2, 0.25) is 0 Å². The number of carbonyl (C=O) groups excluding carboxylic acids is 1. The molecule has 2 aromatic rings. The molecule has 1 N–H and O–H groups in total. The number of rotatable bonds is 4. The molecule has 0 radical (unpaired) electrons. The molecule has 0 bridgehead atoms. The van der Waals surface area contributed by atoms with Gasteiger partial charge in [-0.3, -0.25) is 0 Å². The van der Waals surface area contributed by atoms with Crippen molar-refractivity contribution in [3.05, 3.63) is 65.2 Å². The zero-order chi connectivity index (χ0) is 18.5. The van der Waals surface area contributed by atoms with Crippen LogP contribution in [0.4, 0.5) is 4.79 Å². The molecule has 2 aliphatic rings. The van der Waals surface area contributed by atoms with E-state index in [0.29, 0.717) is 12.6 Å². The Kier molecular flexibility index (Phi) is 5.61. The van der Waals surface area contributed by atoms with E-state index in [4.69, 9.17) is 4.74 Å². The Hall–Kier alpha value is -2.49. The number of nitrogens with zero attached hydrogens (tertiary/aromatic N) is 1. The van der Waals surface area contributed by atoms with E-state index in [-0.39, 0.29) is 6.03 Å². The van der Waals surface area contributed by atoms with Crippen molar-refractivity contribution in [3.63, 3.8) is 0 Å². The lowest BCUT2D eigenvalue weighted by atomic mass is 10.0. The molecule has 4 heteroatoms. The quantitative estimate of drug-likeness (QED) is 0.878. The second kappa shape index (κ2) is 8.47. The van der Waals surface area contributed by atoms with E-state index >= 15 is 0 Å². The Morgan fingerprint density at radius 1 is 1.00 bits per heavy atom. The van der Waals surface area contributed by atoms with Crippen molar-refractivity contribution < 1.29 is 9.53 Å². The van der Waals surface area contributed by atoms with E-state index in [9.17, 15) is 4.79 Å². The summed E-state index contributed by atoms with van der Waals surface area (Å²) in [7, 11) is 0. The zero-order valence-electron chi connectivity index (χ0n) is 15.8. The van der Waals surface area contributed by atoms with Crippen LogP contribution in [-0.2, 0) is 19.4 Å². The number of urea groups is 1. The van der Waals surface area contributed by atoms with Crippen LogP contribution < -0.4 is 10.1 Å². The van der Waals surface area contributed by atoms with Gasteiger partial charge in [0.2, 0.25) is 0 Å². The minimum Gasteiger partial charge on any atom is -0.490 e. The van der Waals surface area contributed by atoms with Gasteiger partial charge in [0, 0.05) is 19.6 Å². The summed E-state index contributed by atoms with van der Waals surface area (Å²) in [6.45, 7) is 2.07. The van der Waals surface area contributed by atoms with Crippen molar-refractivity contribution in [1.82, 2.24) is 10.2 Å². The third kappa shape index (κ3) is 4.62. The Morgan fingerprint density at radius 3 is 2.41 bits per heavy atom. The lowest BCUT2D eigenvalue weighted by Gasteiger charge is -2.21. The number of fused-ring (bicyclic) bond motifs is 1. The number of ether oxygens (including phenoxy) is 1. The Bertz CT molecular complexity index is 756. The summed E-state index contributed by atoms with van der Waals surface area (Å²) in [6.07, 6.45) is 7.04. The van der Waals surface area contributed by atoms with Gasteiger partial charge in [0.15, 0.2) is 0 Å². The maximum absolute atomic E-state index is 12.6. The topological polar surface area (TPSA) is 41.6 Å². The van der Waals surface area contributed by atoms with Crippen LogP contribution in [0.5, 0.6) is 5.75 Å². The van der Waals surface area contributed by atoms with Crippen LogP contribution in [-0.4, -0.2) is 30.1 Å². The second-order valence-corrected chi connectivity index (χ2v) is 7.59. The van der Waals surface area contributed by atoms with Crippen molar-refractivity contribution in [2.24, 2.45) is 0 Å². The molecule has 27 heavy (non-hydrogen) atoms. The average Bonchev–Trinajstić information content (AvgIpc) is 3.10. The molecule has 0 atom stereocenters. The van der Waals surface area contributed by atoms with E-state index in [1.54, 1.807) is 0 Å². The predicted octanol–water partition coefficient (Wildman–Crippen LogP) is 4.32. The van der Waals surface area contributed by atoms with Crippen molar-refractivity contribution in [2.45, 2.75) is 51.2 Å². The molecule has 2 amide bonds. The number of hydrogen-bond donors (Lipinski definition) is 1. The fourth-order valence-corrected chi connectivity index (χ4v) is 4.09. The van der Waals surface area contributed by atoms with E-state index < -0.39 is 0 Å². The van der Waals surface area contributed by atoms with Crippen molar-refractivity contribution >= 4 is 6.03 Å². The van der Waals surface area contributed by atoms with Crippen LogP contribution in [0, 0.1) is 0 Å². The predicted molar refractivity (Wildman–Crippen MR) is 107 cm³/mol.